The highest BCUT2D eigenvalue weighted by molar-refractivity contribution is 5.91. The molecule has 0 saturated carbocycles. The van der Waals surface area contributed by atoms with Gasteiger partial charge in [-0.2, -0.15) is 0 Å². The normalized spacial score (nSPS) is 11.2. The number of oxazole rings is 1. The molecule has 4 aromatic rings. The highest BCUT2D eigenvalue weighted by Gasteiger charge is 2.13. The third-order valence-electron chi connectivity index (χ3n) is 5.12. The number of aromatic carboxylic acids is 1. The van der Waals surface area contributed by atoms with Crippen LogP contribution < -0.4 is 10.5 Å². The molecule has 2 aromatic carbocycles. The van der Waals surface area contributed by atoms with Gasteiger partial charge in [-0.05, 0) is 56.4 Å². The zero-order valence-electron chi connectivity index (χ0n) is 18.4. The standard InChI is InChI=1S/C24H24N4O5/c1-27(2)11-4-12-32-22-10-8-19(25-26-22)17-6-3-5-16(13-17)15-28-20-14-18(23(29)30)7-9-21(20)33-24(28)31/h3,5-10,13-14H,4,11-12,15H2,1-2H3,(H,29,30). The predicted octanol–water partition coefficient (Wildman–Crippen LogP) is 3.13. The number of nitrogens with zero attached hydrogens (tertiary/aromatic N) is 4. The Morgan fingerprint density at radius 2 is 1.97 bits per heavy atom. The van der Waals surface area contributed by atoms with Crippen molar-refractivity contribution in [2.45, 2.75) is 13.0 Å². The number of hydrogen-bond donors (Lipinski definition) is 1. The summed E-state index contributed by atoms with van der Waals surface area (Å²) in [6.45, 7) is 1.73. The summed E-state index contributed by atoms with van der Waals surface area (Å²) in [5.41, 5.74) is 3.21. The molecule has 0 atom stereocenters. The molecule has 0 saturated heterocycles. The van der Waals surface area contributed by atoms with E-state index in [2.05, 4.69) is 15.1 Å². The van der Waals surface area contributed by atoms with Gasteiger partial charge in [-0.25, -0.2) is 9.59 Å². The second-order valence-electron chi connectivity index (χ2n) is 7.90. The Bertz CT molecular complexity index is 1320. The molecule has 2 aromatic heterocycles. The molecule has 0 aliphatic heterocycles. The average Bonchev–Trinajstić information content (AvgIpc) is 3.11. The summed E-state index contributed by atoms with van der Waals surface area (Å²) in [6, 6.07) is 15.5. The number of rotatable bonds is 9. The van der Waals surface area contributed by atoms with Crippen LogP contribution in [0, 0.1) is 0 Å². The van der Waals surface area contributed by atoms with Crippen molar-refractivity contribution in [1.82, 2.24) is 19.7 Å². The predicted molar refractivity (Wildman–Crippen MR) is 123 cm³/mol. The van der Waals surface area contributed by atoms with Crippen molar-refractivity contribution >= 4 is 17.1 Å². The minimum absolute atomic E-state index is 0.0881. The largest absolute Gasteiger partial charge is 0.478 e. The lowest BCUT2D eigenvalue weighted by atomic mass is 10.1. The number of fused-ring (bicyclic) bond motifs is 1. The molecule has 0 unspecified atom stereocenters. The number of aromatic nitrogens is 3. The van der Waals surface area contributed by atoms with E-state index < -0.39 is 11.7 Å². The zero-order chi connectivity index (χ0) is 23.4. The lowest BCUT2D eigenvalue weighted by molar-refractivity contribution is 0.0697. The fraction of sp³-hybridized carbons (Fsp3) is 0.250. The van der Waals surface area contributed by atoms with Crippen LogP contribution in [0.5, 0.6) is 5.88 Å². The third-order valence-corrected chi connectivity index (χ3v) is 5.12. The van der Waals surface area contributed by atoms with E-state index in [1.165, 1.54) is 22.8 Å². The summed E-state index contributed by atoms with van der Waals surface area (Å²) in [7, 11) is 4.03. The van der Waals surface area contributed by atoms with Crippen LogP contribution in [0.4, 0.5) is 0 Å². The van der Waals surface area contributed by atoms with E-state index in [1.807, 2.05) is 44.4 Å². The summed E-state index contributed by atoms with van der Waals surface area (Å²) in [5, 5.41) is 17.7. The van der Waals surface area contributed by atoms with Gasteiger partial charge in [0.05, 0.1) is 29.9 Å². The van der Waals surface area contributed by atoms with Gasteiger partial charge in [-0.3, -0.25) is 4.57 Å². The van der Waals surface area contributed by atoms with Crippen molar-refractivity contribution in [2.75, 3.05) is 27.2 Å². The Labute approximate surface area is 189 Å². The molecule has 0 bridgehead atoms. The molecule has 9 heteroatoms. The molecule has 33 heavy (non-hydrogen) atoms. The smallest absolute Gasteiger partial charge is 0.420 e. The number of hydrogen-bond acceptors (Lipinski definition) is 7. The van der Waals surface area contributed by atoms with Crippen LogP contribution in [0.25, 0.3) is 22.4 Å². The van der Waals surface area contributed by atoms with Crippen molar-refractivity contribution in [3.05, 3.63) is 76.3 Å². The SMILES string of the molecule is CN(C)CCCOc1ccc(-c2cccc(Cn3c(=O)oc4ccc(C(=O)O)cc43)c2)nn1. The van der Waals surface area contributed by atoms with Crippen molar-refractivity contribution in [3.63, 3.8) is 0 Å². The van der Waals surface area contributed by atoms with E-state index in [0.29, 0.717) is 29.3 Å². The van der Waals surface area contributed by atoms with Gasteiger partial charge in [0, 0.05) is 18.2 Å². The van der Waals surface area contributed by atoms with Gasteiger partial charge >= 0.3 is 11.7 Å². The Kier molecular flexibility index (Phi) is 6.50. The summed E-state index contributed by atoms with van der Waals surface area (Å²) in [6.07, 6.45) is 0.897. The van der Waals surface area contributed by atoms with Crippen LogP contribution in [0.2, 0.25) is 0 Å². The molecule has 1 N–H and O–H groups in total. The van der Waals surface area contributed by atoms with Gasteiger partial charge < -0.3 is 19.2 Å². The average molecular weight is 448 g/mol. The van der Waals surface area contributed by atoms with E-state index in [-0.39, 0.29) is 12.1 Å². The topological polar surface area (TPSA) is 111 Å². The molecule has 4 rings (SSSR count). The molecular formula is C24H24N4O5. The monoisotopic (exact) mass is 448 g/mol. The maximum atomic E-state index is 12.4. The Morgan fingerprint density at radius 3 is 2.70 bits per heavy atom. The minimum atomic E-state index is -1.07. The first-order valence-corrected chi connectivity index (χ1v) is 10.5. The van der Waals surface area contributed by atoms with Crippen LogP contribution in [0.15, 0.2) is 63.8 Å². The highest BCUT2D eigenvalue weighted by atomic mass is 16.5. The summed E-state index contributed by atoms with van der Waals surface area (Å²) >= 11 is 0. The maximum absolute atomic E-state index is 12.4. The van der Waals surface area contributed by atoms with Gasteiger partial charge in [0.2, 0.25) is 5.88 Å². The van der Waals surface area contributed by atoms with E-state index in [0.717, 1.165) is 24.1 Å². The van der Waals surface area contributed by atoms with E-state index in [4.69, 9.17) is 9.15 Å². The second kappa shape index (κ2) is 9.66. The molecule has 0 fully saturated rings. The number of carbonyl (C=O) groups is 1. The Hall–Kier alpha value is -3.98. The summed E-state index contributed by atoms with van der Waals surface area (Å²) in [5.74, 6) is -1.14. The van der Waals surface area contributed by atoms with Crippen molar-refractivity contribution in [2.24, 2.45) is 0 Å². The van der Waals surface area contributed by atoms with Gasteiger partial charge in [-0.1, -0.05) is 18.2 Å². The summed E-state index contributed by atoms with van der Waals surface area (Å²) in [4.78, 5) is 25.8. The van der Waals surface area contributed by atoms with Crippen molar-refractivity contribution < 1.29 is 19.1 Å². The highest BCUT2D eigenvalue weighted by Crippen LogP contribution is 2.21. The van der Waals surface area contributed by atoms with Crippen LogP contribution in [0.3, 0.4) is 0 Å². The van der Waals surface area contributed by atoms with E-state index in [9.17, 15) is 14.7 Å². The quantitative estimate of drug-likeness (QED) is 0.389. The molecular weight excluding hydrogens is 424 g/mol. The molecule has 0 amide bonds. The molecule has 0 spiro atoms. The van der Waals surface area contributed by atoms with Gasteiger partial charge in [-0.15, -0.1) is 10.2 Å². The van der Waals surface area contributed by atoms with Crippen LogP contribution >= 0.6 is 0 Å². The number of carboxylic acids is 1. The Morgan fingerprint density at radius 1 is 1.12 bits per heavy atom. The van der Waals surface area contributed by atoms with Gasteiger partial charge in [0.15, 0.2) is 5.58 Å². The molecule has 170 valence electrons. The first-order valence-electron chi connectivity index (χ1n) is 10.5. The van der Waals surface area contributed by atoms with E-state index >= 15 is 0 Å². The van der Waals surface area contributed by atoms with Gasteiger partial charge in [0.1, 0.15) is 0 Å². The van der Waals surface area contributed by atoms with Crippen LogP contribution in [0.1, 0.15) is 22.3 Å². The van der Waals surface area contributed by atoms with E-state index in [1.54, 1.807) is 6.07 Å². The fourth-order valence-corrected chi connectivity index (χ4v) is 3.46. The molecule has 0 radical (unpaired) electrons. The molecule has 2 heterocycles. The lowest BCUT2D eigenvalue weighted by Gasteiger charge is -2.10. The molecule has 9 nitrogen and oxygen atoms in total. The maximum Gasteiger partial charge on any atom is 0.420 e. The first-order chi connectivity index (χ1) is 15.9. The first kappa shape index (κ1) is 22.2. The third kappa shape index (κ3) is 5.27. The summed E-state index contributed by atoms with van der Waals surface area (Å²) < 4.78 is 12.3. The number of carboxylic acid groups (broad SMARTS) is 1. The molecule has 0 aliphatic carbocycles. The molecule has 0 aliphatic rings. The van der Waals surface area contributed by atoms with Crippen molar-refractivity contribution in [3.8, 4) is 17.1 Å². The second-order valence-corrected chi connectivity index (χ2v) is 7.90. The number of benzene rings is 2. The lowest BCUT2D eigenvalue weighted by Crippen LogP contribution is -2.15. The van der Waals surface area contributed by atoms with Crippen molar-refractivity contribution in [1.29, 1.82) is 0 Å². The number of ether oxygens (including phenoxy) is 1. The fourth-order valence-electron chi connectivity index (χ4n) is 3.46. The minimum Gasteiger partial charge on any atom is -0.478 e. The zero-order valence-corrected chi connectivity index (χ0v) is 18.4. The van der Waals surface area contributed by atoms with Crippen LogP contribution in [-0.2, 0) is 6.54 Å². The Balaban J connectivity index is 1.52. The van der Waals surface area contributed by atoms with Crippen LogP contribution in [-0.4, -0.2) is 58.0 Å². The van der Waals surface area contributed by atoms with Gasteiger partial charge in [0.25, 0.3) is 0 Å².